The molecule has 0 amide bonds. The van der Waals surface area contributed by atoms with E-state index in [-0.39, 0.29) is 0 Å². The fraction of sp³-hybridized carbons (Fsp3) is 0.500. The van der Waals surface area contributed by atoms with E-state index in [1.54, 1.807) is 11.3 Å². The molecule has 1 heterocycles. The first kappa shape index (κ1) is 12.5. The number of hydrogen-bond donors (Lipinski definition) is 1. The van der Waals surface area contributed by atoms with Crippen LogP contribution < -0.4 is 5.32 Å². The third-order valence-corrected chi connectivity index (χ3v) is 3.93. The van der Waals surface area contributed by atoms with Crippen molar-refractivity contribution in [3.8, 4) is 0 Å². The van der Waals surface area contributed by atoms with E-state index in [1.807, 2.05) is 6.07 Å². The van der Waals surface area contributed by atoms with Crippen molar-refractivity contribution in [2.45, 2.75) is 33.2 Å². The summed E-state index contributed by atoms with van der Waals surface area (Å²) in [4.78, 5) is 4.61. The third-order valence-electron chi connectivity index (χ3n) is 2.89. The van der Waals surface area contributed by atoms with Crippen LogP contribution in [0.15, 0.2) is 24.3 Å². The molecule has 1 N–H and O–H groups in total. The SMILES string of the molecule is CCCC(C)CNCc1nc2ccccc2s1. The van der Waals surface area contributed by atoms with Gasteiger partial charge in [-0.05, 0) is 31.0 Å². The van der Waals surface area contributed by atoms with Crippen LogP contribution in [0.1, 0.15) is 31.7 Å². The first-order valence-corrected chi connectivity index (χ1v) is 7.16. The maximum atomic E-state index is 4.61. The number of para-hydroxylation sites is 1. The van der Waals surface area contributed by atoms with Crippen LogP contribution in [-0.2, 0) is 6.54 Å². The second-order valence-electron chi connectivity index (χ2n) is 4.60. The Balaban J connectivity index is 1.86. The minimum atomic E-state index is 0.759. The Hall–Kier alpha value is -0.930. The number of nitrogens with zero attached hydrogens (tertiary/aromatic N) is 1. The van der Waals surface area contributed by atoms with E-state index < -0.39 is 0 Å². The fourth-order valence-electron chi connectivity index (χ4n) is 2.02. The van der Waals surface area contributed by atoms with Gasteiger partial charge in [0.2, 0.25) is 0 Å². The molecular formula is C14H20N2S. The minimum absolute atomic E-state index is 0.759. The van der Waals surface area contributed by atoms with Crippen LogP contribution >= 0.6 is 11.3 Å². The monoisotopic (exact) mass is 248 g/mol. The zero-order valence-corrected chi connectivity index (χ0v) is 11.4. The zero-order chi connectivity index (χ0) is 12.1. The maximum absolute atomic E-state index is 4.61. The van der Waals surface area contributed by atoms with Crippen LogP contribution in [0.2, 0.25) is 0 Å². The van der Waals surface area contributed by atoms with Gasteiger partial charge in [0.1, 0.15) is 5.01 Å². The molecule has 0 bridgehead atoms. The molecule has 2 aromatic rings. The number of thiazole rings is 1. The van der Waals surface area contributed by atoms with Crippen LogP contribution in [0.3, 0.4) is 0 Å². The van der Waals surface area contributed by atoms with Crippen molar-refractivity contribution < 1.29 is 0 Å². The molecule has 0 aliphatic heterocycles. The van der Waals surface area contributed by atoms with Gasteiger partial charge in [0.15, 0.2) is 0 Å². The Kier molecular flexibility index (Phi) is 4.51. The van der Waals surface area contributed by atoms with Crippen LogP contribution in [0.4, 0.5) is 0 Å². The fourth-order valence-corrected chi connectivity index (χ4v) is 2.95. The number of aromatic nitrogens is 1. The van der Waals surface area contributed by atoms with E-state index in [4.69, 9.17) is 0 Å². The van der Waals surface area contributed by atoms with Gasteiger partial charge in [0.05, 0.1) is 10.2 Å². The summed E-state index contributed by atoms with van der Waals surface area (Å²) >= 11 is 1.79. The molecule has 2 nitrogen and oxygen atoms in total. The Morgan fingerprint density at radius 3 is 2.94 bits per heavy atom. The van der Waals surface area contributed by atoms with Crippen molar-refractivity contribution in [1.82, 2.24) is 10.3 Å². The van der Waals surface area contributed by atoms with Crippen LogP contribution in [0, 0.1) is 5.92 Å². The predicted octanol–water partition coefficient (Wildman–Crippen LogP) is 3.82. The number of hydrogen-bond acceptors (Lipinski definition) is 3. The van der Waals surface area contributed by atoms with Crippen molar-refractivity contribution in [2.24, 2.45) is 5.92 Å². The lowest BCUT2D eigenvalue weighted by Gasteiger charge is -2.09. The van der Waals surface area contributed by atoms with Gasteiger partial charge in [-0.1, -0.05) is 32.4 Å². The van der Waals surface area contributed by atoms with Crippen molar-refractivity contribution in [3.05, 3.63) is 29.3 Å². The molecule has 1 aromatic carbocycles. The maximum Gasteiger partial charge on any atom is 0.108 e. The summed E-state index contributed by atoms with van der Waals surface area (Å²) in [6, 6.07) is 8.33. The standard InChI is InChI=1S/C14H20N2S/c1-3-6-11(2)9-15-10-14-16-12-7-4-5-8-13(12)17-14/h4-5,7-8,11,15H,3,6,9-10H2,1-2H3. The quantitative estimate of drug-likeness (QED) is 0.840. The van der Waals surface area contributed by atoms with Crippen molar-refractivity contribution in [2.75, 3.05) is 6.54 Å². The highest BCUT2D eigenvalue weighted by Gasteiger charge is 2.04. The van der Waals surface area contributed by atoms with Gasteiger partial charge in [0, 0.05) is 6.54 Å². The van der Waals surface area contributed by atoms with E-state index in [9.17, 15) is 0 Å². The first-order chi connectivity index (χ1) is 8.29. The molecule has 1 unspecified atom stereocenters. The molecule has 0 spiro atoms. The number of rotatable bonds is 6. The summed E-state index contributed by atoms with van der Waals surface area (Å²) in [5, 5.41) is 4.68. The van der Waals surface area contributed by atoms with E-state index >= 15 is 0 Å². The molecule has 1 atom stereocenters. The summed E-state index contributed by atoms with van der Waals surface area (Å²) in [6.45, 7) is 6.52. The minimum Gasteiger partial charge on any atom is -0.310 e. The van der Waals surface area contributed by atoms with Gasteiger partial charge in [0.25, 0.3) is 0 Å². The second kappa shape index (κ2) is 6.12. The largest absolute Gasteiger partial charge is 0.310 e. The van der Waals surface area contributed by atoms with Crippen LogP contribution in [0.25, 0.3) is 10.2 Å². The highest BCUT2D eigenvalue weighted by molar-refractivity contribution is 7.18. The molecule has 0 aliphatic carbocycles. The number of fused-ring (bicyclic) bond motifs is 1. The number of nitrogens with one attached hydrogen (secondary N) is 1. The average Bonchev–Trinajstić information content (AvgIpc) is 2.71. The van der Waals surface area contributed by atoms with Gasteiger partial charge in [-0.3, -0.25) is 0 Å². The van der Waals surface area contributed by atoms with Crippen molar-refractivity contribution in [3.63, 3.8) is 0 Å². The van der Waals surface area contributed by atoms with Gasteiger partial charge in [-0.15, -0.1) is 11.3 Å². The lowest BCUT2D eigenvalue weighted by molar-refractivity contribution is 0.475. The molecular weight excluding hydrogens is 228 g/mol. The first-order valence-electron chi connectivity index (χ1n) is 6.34. The van der Waals surface area contributed by atoms with E-state index in [1.165, 1.54) is 22.5 Å². The van der Waals surface area contributed by atoms with Crippen LogP contribution in [-0.4, -0.2) is 11.5 Å². The van der Waals surface area contributed by atoms with Crippen molar-refractivity contribution >= 4 is 21.6 Å². The molecule has 17 heavy (non-hydrogen) atoms. The molecule has 0 saturated heterocycles. The normalized spacial score (nSPS) is 13.1. The third kappa shape index (κ3) is 3.51. The summed E-state index contributed by atoms with van der Waals surface area (Å²) in [7, 11) is 0. The molecule has 3 heteroatoms. The topological polar surface area (TPSA) is 24.9 Å². The highest BCUT2D eigenvalue weighted by atomic mass is 32.1. The van der Waals surface area contributed by atoms with E-state index in [0.29, 0.717) is 0 Å². The Labute approximate surface area is 107 Å². The van der Waals surface area contributed by atoms with Gasteiger partial charge < -0.3 is 5.32 Å². The second-order valence-corrected chi connectivity index (χ2v) is 5.72. The van der Waals surface area contributed by atoms with Crippen LogP contribution in [0.5, 0.6) is 0 Å². The lowest BCUT2D eigenvalue weighted by Crippen LogP contribution is -2.20. The zero-order valence-electron chi connectivity index (χ0n) is 10.6. The molecule has 2 rings (SSSR count). The number of benzene rings is 1. The smallest absolute Gasteiger partial charge is 0.108 e. The van der Waals surface area contributed by atoms with E-state index in [2.05, 4.69) is 42.3 Å². The molecule has 92 valence electrons. The van der Waals surface area contributed by atoms with E-state index in [0.717, 1.165) is 24.5 Å². The lowest BCUT2D eigenvalue weighted by atomic mass is 10.1. The molecule has 0 fully saturated rings. The molecule has 1 aromatic heterocycles. The highest BCUT2D eigenvalue weighted by Crippen LogP contribution is 2.21. The Morgan fingerprint density at radius 2 is 2.18 bits per heavy atom. The van der Waals surface area contributed by atoms with Gasteiger partial charge in [-0.2, -0.15) is 0 Å². The summed E-state index contributed by atoms with van der Waals surface area (Å²) in [6.07, 6.45) is 2.57. The molecule has 0 radical (unpaired) electrons. The summed E-state index contributed by atoms with van der Waals surface area (Å²) < 4.78 is 1.28. The van der Waals surface area contributed by atoms with Crippen molar-refractivity contribution in [1.29, 1.82) is 0 Å². The average molecular weight is 248 g/mol. The van der Waals surface area contributed by atoms with Gasteiger partial charge in [-0.25, -0.2) is 4.98 Å². The molecule has 0 saturated carbocycles. The predicted molar refractivity (Wildman–Crippen MR) is 75.4 cm³/mol. The molecule has 0 aliphatic rings. The Morgan fingerprint density at radius 1 is 1.35 bits per heavy atom. The Bertz CT molecular complexity index is 431. The summed E-state index contributed by atoms with van der Waals surface area (Å²) in [5.41, 5.74) is 1.12. The van der Waals surface area contributed by atoms with Gasteiger partial charge >= 0.3 is 0 Å². The summed E-state index contributed by atoms with van der Waals surface area (Å²) in [5.74, 6) is 0.759.